The molecule has 0 atom stereocenters. The molecular formula is C16H25FIN3O. The monoisotopic (exact) mass is 421 g/mol. The molecule has 1 aliphatic carbocycles. The lowest BCUT2D eigenvalue weighted by Crippen LogP contribution is -2.40. The highest BCUT2D eigenvalue weighted by molar-refractivity contribution is 14.0. The average Bonchev–Trinajstić information content (AvgIpc) is 2.72. The van der Waals surface area contributed by atoms with Crippen molar-refractivity contribution >= 4 is 29.9 Å². The van der Waals surface area contributed by atoms with Crippen molar-refractivity contribution in [1.82, 2.24) is 5.32 Å². The third kappa shape index (κ3) is 7.29. The Morgan fingerprint density at radius 1 is 1.27 bits per heavy atom. The quantitative estimate of drug-likeness (QED) is 0.252. The highest BCUT2D eigenvalue weighted by atomic mass is 127. The van der Waals surface area contributed by atoms with Crippen molar-refractivity contribution in [2.45, 2.75) is 44.6 Å². The fraction of sp³-hybridized carbons (Fsp3) is 0.562. The molecule has 1 aromatic carbocycles. The summed E-state index contributed by atoms with van der Waals surface area (Å²) in [5, 5.41) is 3.28. The highest BCUT2D eigenvalue weighted by Gasteiger charge is 2.11. The molecule has 0 heterocycles. The lowest BCUT2D eigenvalue weighted by molar-refractivity contribution is 0.326. The van der Waals surface area contributed by atoms with Gasteiger partial charge >= 0.3 is 0 Å². The average molecular weight is 421 g/mol. The molecule has 1 fully saturated rings. The summed E-state index contributed by atoms with van der Waals surface area (Å²) in [7, 11) is 0. The Morgan fingerprint density at radius 3 is 2.68 bits per heavy atom. The Bertz CT molecular complexity index is 462. The van der Waals surface area contributed by atoms with Gasteiger partial charge in [-0.2, -0.15) is 0 Å². The molecule has 3 N–H and O–H groups in total. The zero-order valence-corrected chi connectivity index (χ0v) is 15.1. The van der Waals surface area contributed by atoms with Crippen molar-refractivity contribution in [3.63, 3.8) is 0 Å². The number of halogens is 2. The van der Waals surface area contributed by atoms with Crippen LogP contribution in [0.5, 0.6) is 5.75 Å². The summed E-state index contributed by atoms with van der Waals surface area (Å²) < 4.78 is 18.4. The maximum Gasteiger partial charge on any atom is 0.188 e. The van der Waals surface area contributed by atoms with Crippen LogP contribution < -0.4 is 15.8 Å². The number of hydrogen-bond acceptors (Lipinski definition) is 2. The van der Waals surface area contributed by atoms with Crippen molar-refractivity contribution in [2.75, 3.05) is 13.2 Å². The summed E-state index contributed by atoms with van der Waals surface area (Å²) in [5.74, 6) is 0.691. The van der Waals surface area contributed by atoms with Crippen LogP contribution in [0.2, 0.25) is 0 Å². The van der Waals surface area contributed by atoms with Crippen molar-refractivity contribution in [1.29, 1.82) is 0 Å². The molecule has 0 saturated heterocycles. The number of aliphatic imine (C=N–C) groups is 1. The summed E-state index contributed by atoms with van der Waals surface area (Å²) in [4.78, 5) is 4.25. The van der Waals surface area contributed by atoms with Crippen LogP contribution in [0.25, 0.3) is 0 Å². The summed E-state index contributed by atoms with van der Waals surface area (Å²) >= 11 is 0. The first kappa shape index (κ1) is 19.0. The van der Waals surface area contributed by atoms with Gasteiger partial charge in [0.15, 0.2) is 5.96 Å². The largest absolute Gasteiger partial charge is 0.492 e. The first-order valence-corrected chi connectivity index (χ1v) is 7.69. The lowest BCUT2D eigenvalue weighted by Gasteiger charge is -2.16. The van der Waals surface area contributed by atoms with Gasteiger partial charge in [0.1, 0.15) is 18.2 Å². The van der Waals surface area contributed by atoms with Crippen LogP contribution in [0, 0.1) is 5.82 Å². The summed E-state index contributed by atoms with van der Waals surface area (Å²) in [6.45, 7) is 0.846. The fourth-order valence-electron chi connectivity index (χ4n) is 2.56. The van der Waals surface area contributed by atoms with Gasteiger partial charge in [-0.05, 0) is 25.0 Å². The summed E-state index contributed by atoms with van der Waals surface area (Å²) in [6, 6.07) is 6.53. The van der Waals surface area contributed by atoms with E-state index in [0.717, 1.165) is 12.8 Å². The van der Waals surface area contributed by atoms with E-state index >= 15 is 0 Å². The molecule has 6 heteroatoms. The Hall–Kier alpha value is -1.05. The number of nitrogens with one attached hydrogen (secondary N) is 1. The highest BCUT2D eigenvalue weighted by Crippen LogP contribution is 2.17. The number of benzene rings is 1. The predicted molar refractivity (Wildman–Crippen MR) is 98.4 cm³/mol. The third-order valence-electron chi connectivity index (χ3n) is 3.65. The van der Waals surface area contributed by atoms with Gasteiger partial charge in [0.2, 0.25) is 0 Å². The van der Waals surface area contributed by atoms with Crippen LogP contribution in [-0.4, -0.2) is 25.2 Å². The zero-order valence-electron chi connectivity index (χ0n) is 12.8. The van der Waals surface area contributed by atoms with Crippen LogP contribution in [-0.2, 0) is 0 Å². The number of nitrogens with zero attached hydrogens (tertiary/aromatic N) is 1. The van der Waals surface area contributed by atoms with Crippen LogP contribution in [0.3, 0.4) is 0 Å². The van der Waals surface area contributed by atoms with Gasteiger partial charge in [0.25, 0.3) is 0 Å². The van der Waals surface area contributed by atoms with E-state index < -0.39 is 0 Å². The minimum Gasteiger partial charge on any atom is -0.492 e. The van der Waals surface area contributed by atoms with E-state index in [2.05, 4.69) is 10.3 Å². The molecule has 0 bridgehead atoms. The molecule has 0 radical (unpaired) electrons. The topological polar surface area (TPSA) is 59.6 Å². The van der Waals surface area contributed by atoms with Gasteiger partial charge < -0.3 is 15.8 Å². The van der Waals surface area contributed by atoms with Crippen LogP contribution >= 0.6 is 24.0 Å². The van der Waals surface area contributed by atoms with Gasteiger partial charge in [0.05, 0.1) is 6.54 Å². The molecule has 2 rings (SSSR count). The Labute approximate surface area is 148 Å². The molecule has 0 spiro atoms. The second-order valence-electron chi connectivity index (χ2n) is 5.41. The van der Waals surface area contributed by atoms with Crippen molar-refractivity contribution < 1.29 is 9.13 Å². The second kappa shape index (κ2) is 10.6. The molecular weight excluding hydrogens is 396 g/mol. The molecule has 124 valence electrons. The van der Waals surface area contributed by atoms with Gasteiger partial charge in [0, 0.05) is 12.1 Å². The van der Waals surface area contributed by atoms with Crippen LogP contribution in [0.4, 0.5) is 4.39 Å². The SMILES string of the molecule is I.NC(=NCCOc1cccc(F)c1)NC1CCCCCC1. The van der Waals surface area contributed by atoms with Crippen molar-refractivity contribution in [3.05, 3.63) is 30.1 Å². The van der Waals surface area contributed by atoms with Gasteiger partial charge in [-0.15, -0.1) is 24.0 Å². The van der Waals surface area contributed by atoms with E-state index in [0.29, 0.717) is 30.9 Å². The van der Waals surface area contributed by atoms with E-state index in [1.54, 1.807) is 12.1 Å². The molecule has 0 unspecified atom stereocenters. The number of rotatable bonds is 5. The van der Waals surface area contributed by atoms with Gasteiger partial charge in [-0.3, -0.25) is 0 Å². The molecule has 0 amide bonds. The van der Waals surface area contributed by atoms with Crippen molar-refractivity contribution in [2.24, 2.45) is 10.7 Å². The fourth-order valence-corrected chi connectivity index (χ4v) is 2.56. The molecule has 4 nitrogen and oxygen atoms in total. The first-order valence-electron chi connectivity index (χ1n) is 7.69. The predicted octanol–water partition coefficient (Wildman–Crippen LogP) is 3.45. The molecule has 22 heavy (non-hydrogen) atoms. The second-order valence-corrected chi connectivity index (χ2v) is 5.41. The Balaban J connectivity index is 0.00000242. The third-order valence-corrected chi connectivity index (χ3v) is 3.65. The summed E-state index contributed by atoms with van der Waals surface area (Å²) in [5.41, 5.74) is 5.88. The molecule has 0 aliphatic heterocycles. The van der Waals surface area contributed by atoms with E-state index in [4.69, 9.17) is 10.5 Å². The molecule has 1 saturated carbocycles. The molecule has 1 aliphatic rings. The Kier molecular flexibility index (Phi) is 9.19. The maximum absolute atomic E-state index is 13.0. The first-order chi connectivity index (χ1) is 10.2. The van der Waals surface area contributed by atoms with Gasteiger partial charge in [-0.1, -0.05) is 31.7 Å². The zero-order chi connectivity index (χ0) is 14.9. The number of nitrogens with two attached hydrogens (primary N) is 1. The maximum atomic E-state index is 13.0. The molecule has 1 aromatic rings. The normalized spacial score (nSPS) is 16.5. The molecule has 0 aromatic heterocycles. The number of ether oxygens (including phenoxy) is 1. The summed E-state index contributed by atoms with van der Waals surface area (Å²) in [6.07, 6.45) is 7.47. The van der Waals surface area contributed by atoms with E-state index in [1.807, 2.05) is 0 Å². The minimum absolute atomic E-state index is 0. The number of guanidine groups is 1. The Morgan fingerprint density at radius 2 is 2.00 bits per heavy atom. The van der Waals surface area contributed by atoms with Crippen LogP contribution in [0.1, 0.15) is 38.5 Å². The standard InChI is InChI=1S/C16H24FN3O.HI/c17-13-6-5-9-15(12-13)21-11-10-19-16(18)20-14-7-3-1-2-4-8-14;/h5-6,9,12,14H,1-4,7-8,10-11H2,(H3,18,19,20);1H. The lowest BCUT2D eigenvalue weighted by atomic mass is 10.1. The van der Waals surface area contributed by atoms with Crippen LogP contribution in [0.15, 0.2) is 29.3 Å². The van der Waals surface area contributed by atoms with Crippen molar-refractivity contribution in [3.8, 4) is 5.75 Å². The number of hydrogen-bond donors (Lipinski definition) is 2. The van der Waals surface area contributed by atoms with E-state index in [1.165, 1.54) is 37.8 Å². The minimum atomic E-state index is -0.300. The van der Waals surface area contributed by atoms with E-state index in [9.17, 15) is 4.39 Å². The van der Waals surface area contributed by atoms with E-state index in [-0.39, 0.29) is 29.8 Å². The smallest absolute Gasteiger partial charge is 0.188 e. The van der Waals surface area contributed by atoms with Gasteiger partial charge in [-0.25, -0.2) is 9.38 Å².